The van der Waals surface area contributed by atoms with E-state index in [2.05, 4.69) is 24.5 Å². The van der Waals surface area contributed by atoms with Gasteiger partial charge in [-0.25, -0.2) is 0 Å². The number of methoxy groups -OCH3 is 1. The first-order chi connectivity index (χ1) is 10.6. The Balaban J connectivity index is 2.83. The summed E-state index contributed by atoms with van der Waals surface area (Å²) in [6.45, 7) is 5.39. The summed E-state index contributed by atoms with van der Waals surface area (Å²) < 4.78 is 5.19. The van der Waals surface area contributed by atoms with Crippen LogP contribution in [-0.2, 0) is 0 Å². The standard InChI is InChI=1S/C17H26N2O3/c1-4-6-8-18-16(20)13-10-14(12-15(11-13)22-3)17(21)19-9-7-5-2/h10-12H,4-9H2,1-3H3,(H,18,20)(H,19,21). The lowest BCUT2D eigenvalue weighted by Gasteiger charge is -2.10. The van der Waals surface area contributed by atoms with Gasteiger partial charge < -0.3 is 15.4 Å². The number of nitrogens with one attached hydrogen (secondary N) is 2. The lowest BCUT2D eigenvalue weighted by atomic mass is 10.1. The number of amides is 2. The molecule has 0 saturated carbocycles. The first-order valence-electron chi connectivity index (χ1n) is 7.87. The highest BCUT2D eigenvalue weighted by Gasteiger charge is 2.13. The molecule has 1 rings (SSSR count). The summed E-state index contributed by atoms with van der Waals surface area (Å²) in [4.78, 5) is 24.2. The van der Waals surface area contributed by atoms with Crippen molar-refractivity contribution in [3.8, 4) is 5.75 Å². The number of unbranched alkanes of at least 4 members (excludes halogenated alkanes) is 2. The molecule has 0 saturated heterocycles. The average molecular weight is 306 g/mol. The second kappa shape index (κ2) is 9.82. The molecule has 0 aliphatic heterocycles. The number of ether oxygens (including phenoxy) is 1. The monoisotopic (exact) mass is 306 g/mol. The first kappa shape index (κ1) is 18.0. The van der Waals surface area contributed by atoms with Gasteiger partial charge in [0, 0.05) is 24.2 Å². The van der Waals surface area contributed by atoms with Gasteiger partial charge in [0.05, 0.1) is 7.11 Å². The van der Waals surface area contributed by atoms with Gasteiger partial charge in [-0.2, -0.15) is 0 Å². The van der Waals surface area contributed by atoms with Crippen molar-refractivity contribution in [1.82, 2.24) is 10.6 Å². The van der Waals surface area contributed by atoms with Crippen LogP contribution in [0.5, 0.6) is 5.75 Å². The van der Waals surface area contributed by atoms with Crippen molar-refractivity contribution >= 4 is 11.8 Å². The summed E-state index contributed by atoms with van der Waals surface area (Å²) in [5, 5.41) is 5.69. The molecule has 0 aliphatic carbocycles. The van der Waals surface area contributed by atoms with E-state index < -0.39 is 0 Å². The quantitative estimate of drug-likeness (QED) is 0.689. The maximum absolute atomic E-state index is 12.1. The van der Waals surface area contributed by atoms with Crippen LogP contribution in [0.1, 0.15) is 60.2 Å². The molecular weight excluding hydrogens is 280 g/mol. The van der Waals surface area contributed by atoms with Crippen LogP contribution in [0.25, 0.3) is 0 Å². The van der Waals surface area contributed by atoms with Crippen LogP contribution in [0, 0.1) is 0 Å². The summed E-state index contributed by atoms with van der Waals surface area (Å²) in [7, 11) is 1.52. The predicted molar refractivity (Wildman–Crippen MR) is 87.5 cm³/mol. The zero-order chi connectivity index (χ0) is 16.4. The Hall–Kier alpha value is -2.04. The van der Waals surface area contributed by atoms with Crippen LogP contribution < -0.4 is 15.4 Å². The molecule has 0 unspecified atom stereocenters. The van der Waals surface area contributed by atoms with Crippen molar-refractivity contribution in [3.63, 3.8) is 0 Å². The first-order valence-corrected chi connectivity index (χ1v) is 7.87. The Morgan fingerprint density at radius 2 is 1.36 bits per heavy atom. The molecule has 0 radical (unpaired) electrons. The number of carbonyl (C=O) groups is 2. The van der Waals surface area contributed by atoms with Crippen LogP contribution in [0.3, 0.4) is 0 Å². The van der Waals surface area contributed by atoms with Crippen molar-refractivity contribution in [2.24, 2.45) is 0 Å². The SMILES string of the molecule is CCCCNC(=O)c1cc(OC)cc(C(=O)NCCCC)c1. The molecule has 1 aromatic carbocycles. The fourth-order valence-corrected chi connectivity index (χ4v) is 1.94. The van der Waals surface area contributed by atoms with E-state index in [4.69, 9.17) is 4.74 Å². The summed E-state index contributed by atoms with van der Waals surface area (Å²) in [6, 6.07) is 4.89. The van der Waals surface area contributed by atoms with Crippen molar-refractivity contribution in [3.05, 3.63) is 29.3 Å². The molecule has 1 aromatic rings. The minimum absolute atomic E-state index is 0.185. The van der Waals surface area contributed by atoms with Crippen LogP contribution in [0.4, 0.5) is 0 Å². The van der Waals surface area contributed by atoms with Gasteiger partial charge in [0.1, 0.15) is 5.75 Å². The van der Waals surface area contributed by atoms with Crippen LogP contribution in [0.2, 0.25) is 0 Å². The van der Waals surface area contributed by atoms with Crippen LogP contribution >= 0.6 is 0 Å². The van der Waals surface area contributed by atoms with Gasteiger partial charge in [-0.1, -0.05) is 26.7 Å². The Bertz CT molecular complexity index is 460. The predicted octanol–water partition coefficient (Wildman–Crippen LogP) is 2.76. The zero-order valence-electron chi connectivity index (χ0n) is 13.7. The highest BCUT2D eigenvalue weighted by Crippen LogP contribution is 2.17. The van der Waals surface area contributed by atoms with E-state index in [1.165, 1.54) is 7.11 Å². The average Bonchev–Trinajstić information content (AvgIpc) is 2.54. The van der Waals surface area contributed by atoms with E-state index >= 15 is 0 Å². The number of benzene rings is 1. The van der Waals surface area contributed by atoms with Gasteiger partial charge in [0.15, 0.2) is 0 Å². The molecule has 0 fully saturated rings. The van der Waals surface area contributed by atoms with Crippen LogP contribution in [0.15, 0.2) is 18.2 Å². The van der Waals surface area contributed by atoms with E-state index in [0.717, 1.165) is 25.7 Å². The summed E-state index contributed by atoms with van der Waals surface area (Å²) in [6.07, 6.45) is 3.90. The fraction of sp³-hybridized carbons (Fsp3) is 0.529. The van der Waals surface area contributed by atoms with Crippen molar-refractivity contribution < 1.29 is 14.3 Å². The third-order valence-electron chi connectivity index (χ3n) is 3.30. The molecule has 0 bridgehead atoms. The molecule has 0 atom stereocenters. The molecule has 22 heavy (non-hydrogen) atoms. The summed E-state index contributed by atoms with van der Waals surface area (Å²) in [5.74, 6) is 0.133. The largest absolute Gasteiger partial charge is 0.497 e. The van der Waals surface area contributed by atoms with E-state index in [0.29, 0.717) is 30.0 Å². The highest BCUT2D eigenvalue weighted by atomic mass is 16.5. The van der Waals surface area contributed by atoms with Gasteiger partial charge in [-0.15, -0.1) is 0 Å². The fourth-order valence-electron chi connectivity index (χ4n) is 1.94. The molecule has 5 heteroatoms. The topological polar surface area (TPSA) is 67.4 Å². The molecule has 2 amide bonds. The molecule has 122 valence electrons. The minimum Gasteiger partial charge on any atom is -0.497 e. The lowest BCUT2D eigenvalue weighted by molar-refractivity contribution is 0.0952. The summed E-state index contributed by atoms with van der Waals surface area (Å²) in [5.41, 5.74) is 0.882. The molecular formula is C17H26N2O3. The number of hydrogen-bond acceptors (Lipinski definition) is 3. The van der Waals surface area contributed by atoms with Gasteiger partial charge in [-0.3, -0.25) is 9.59 Å². The molecule has 0 aliphatic rings. The normalized spacial score (nSPS) is 10.1. The smallest absolute Gasteiger partial charge is 0.251 e. The Kier molecular flexibility index (Phi) is 8.04. The maximum atomic E-state index is 12.1. The van der Waals surface area contributed by atoms with Gasteiger partial charge in [-0.05, 0) is 31.0 Å². The van der Waals surface area contributed by atoms with Crippen molar-refractivity contribution in [1.29, 1.82) is 0 Å². The van der Waals surface area contributed by atoms with E-state index in [1.54, 1.807) is 18.2 Å². The second-order valence-electron chi connectivity index (χ2n) is 5.17. The van der Waals surface area contributed by atoms with E-state index in [-0.39, 0.29) is 11.8 Å². The van der Waals surface area contributed by atoms with Crippen molar-refractivity contribution in [2.45, 2.75) is 39.5 Å². The van der Waals surface area contributed by atoms with Gasteiger partial charge in [0.25, 0.3) is 11.8 Å². The van der Waals surface area contributed by atoms with Crippen LogP contribution in [-0.4, -0.2) is 32.0 Å². The maximum Gasteiger partial charge on any atom is 0.251 e. The number of rotatable bonds is 9. The minimum atomic E-state index is -0.185. The highest BCUT2D eigenvalue weighted by molar-refractivity contribution is 6.00. The molecule has 0 spiro atoms. The molecule has 0 heterocycles. The number of hydrogen-bond donors (Lipinski definition) is 2. The lowest BCUT2D eigenvalue weighted by Crippen LogP contribution is -2.27. The second-order valence-corrected chi connectivity index (χ2v) is 5.17. The Morgan fingerprint density at radius 3 is 1.73 bits per heavy atom. The molecule has 5 nitrogen and oxygen atoms in total. The Morgan fingerprint density at radius 1 is 0.909 bits per heavy atom. The molecule has 2 N–H and O–H groups in total. The third kappa shape index (κ3) is 5.76. The van der Waals surface area contributed by atoms with Gasteiger partial charge >= 0.3 is 0 Å². The number of carbonyl (C=O) groups excluding carboxylic acids is 2. The van der Waals surface area contributed by atoms with E-state index in [9.17, 15) is 9.59 Å². The molecule has 0 aromatic heterocycles. The zero-order valence-corrected chi connectivity index (χ0v) is 13.7. The van der Waals surface area contributed by atoms with Crippen molar-refractivity contribution in [2.75, 3.05) is 20.2 Å². The third-order valence-corrected chi connectivity index (χ3v) is 3.30. The summed E-state index contributed by atoms with van der Waals surface area (Å²) >= 11 is 0. The van der Waals surface area contributed by atoms with E-state index in [1.807, 2.05) is 0 Å². The Labute approximate surface area is 132 Å². The van der Waals surface area contributed by atoms with Gasteiger partial charge in [0.2, 0.25) is 0 Å².